The summed E-state index contributed by atoms with van der Waals surface area (Å²) in [5.41, 5.74) is 1.52. The number of carbonyl (C=O) groups is 1. The van der Waals surface area contributed by atoms with Crippen molar-refractivity contribution < 1.29 is 4.79 Å². The Morgan fingerprint density at radius 1 is 1.25 bits per heavy atom. The summed E-state index contributed by atoms with van der Waals surface area (Å²) in [7, 11) is 0. The Hall–Kier alpha value is -2.44. The number of aryl methyl sites for hydroxylation is 1. The molecule has 0 spiro atoms. The Bertz CT molecular complexity index is 894. The smallest absolute Gasteiger partial charge is 0.275 e. The van der Waals surface area contributed by atoms with Crippen molar-refractivity contribution in [1.82, 2.24) is 19.7 Å². The molecule has 0 bridgehead atoms. The van der Waals surface area contributed by atoms with Crippen LogP contribution in [0.4, 0.5) is 5.69 Å². The molecule has 3 rings (SSSR count). The third kappa shape index (κ3) is 3.39. The summed E-state index contributed by atoms with van der Waals surface area (Å²) in [6.07, 6.45) is 1.66. The SMILES string of the molecule is CCn1cnnc1-c1cccc(NC(=O)c2nc(Cl)ccc2Cl)c1. The lowest BCUT2D eigenvalue weighted by Crippen LogP contribution is -2.14. The van der Waals surface area contributed by atoms with Gasteiger partial charge in [-0.2, -0.15) is 0 Å². The number of hydrogen-bond donors (Lipinski definition) is 1. The van der Waals surface area contributed by atoms with Crippen LogP contribution >= 0.6 is 23.2 Å². The number of benzene rings is 1. The fourth-order valence-corrected chi connectivity index (χ4v) is 2.55. The van der Waals surface area contributed by atoms with Crippen LogP contribution in [0.3, 0.4) is 0 Å². The van der Waals surface area contributed by atoms with Crippen LogP contribution in [0.2, 0.25) is 10.2 Å². The lowest BCUT2D eigenvalue weighted by atomic mass is 10.2. The number of rotatable bonds is 4. The van der Waals surface area contributed by atoms with Gasteiger partial charge in [0.25, 0.3) is 5.91 Å². The Labute approximate surface area is 148 Å². The van der Waals surface area contributed by atoms with E-state index in [9.17, 15) is 4.79 Å². The minimum atomic E-state index is -0.434. The first-order valence-corrected chi connectivity index (χ1v) is 7.95. The predicted octanol–water partition coefficient (Wildman–Crippen LogP) is 3.92. The monoisotopic (exact) mass is 361 g/mol. The van der Waals surface area contributed by atoms with Gasteiger partial charge in [0.15, 0.2) is 5.82 Å². The molecule has 2 heterocycles. The molecule has 0 aliphatic rings. The Morgan fingerprint density at radius 2 is 2.08 bits per heavy atom. The summed E-state index contributed by atoms with van der Waals surface area (Å²) in [6, 6.07) is 10.4. The van der Waals surface area contributed by atoms with Crippen LogP contribution in [0.5, 0.6) is 0 Å². The van der Waals surface area contributed by atoms with Crippen LogP contribution in [-0.4, -0.2) is 25.7 Å². The summed E-state index contributed by atoms with van der Waals surface area (Å²) in [5, 5.41) is 11.2. The van der Waals surface area contributed by atoms with Gasteiger partial charge in [-0.3, -0.25) is 4.79 Å². The maximum Gasteiger partial charge on any atom is 0.275 e. The second-order valence-corrected chi connectivity index (χ2v) is 5.73. The fraction of sp³-hybridized carbons (Fsp3) is 0.125. The van der Waals surface area contributed by atoms with Crippen LogP contribution in [0, 0.1) is 0 Å². The van der Waals surface area contributed by atoms with Gasteiger partial charge in [-0.25, -0.2) is 4.98 Å². The van der Waals surface area contributed by atoms with Gasteiger partial charge in [-0.1, -0.05) is 35.3 Å². The summed E-state index contributed by atoms with van der Waals surface area (Å²) in [6.45, 7) is 2.76. The normalized spacial score (nSPS) is 10.6. The second-order valence-electron chi connectivity index (χ2n) is 4.94. The lowest BCUT2D eigenvalue weighted by Gasteiger charge is -2.08. The first kappa shape index (κ1) is 16.4. The van der Waals surface area contributed by atoms with Crippen LogP contribution < -0.4 is 5.32 Å². The molecular formula is C16H13Cl2N5O. The molecular weight excluding hydrogens is 349 g/mol. The molecule has 0 saturated heterocycles. The minimum Gasteiger partial charge on any atom is -0.321 e. The van der Waals surface area contributed by atoms with E-state index in [1.807, 2.05) is 29.7 Å². The topological polar surface area (TPSA) is 72.7 Å². The number of aromatic nitrogens is 4. The van der Waals surface area contributed by atoms with E-state index in [0.717, 1.165) is 17.9 Å². The molecule has 122 valence electrons. The van der Waals surface area contributed by atoms with Gasteiger partial charge in [0.2, 0.25) is 0 Å². The minimum absolute atomic E-state index is 0.0753. The highest BCUT2D eigenvalue weighted by Crippen LogP contribution is 2.22. The molecule has 24 heavy (non-hydrogen) atoms. The Morgan fingerprint density at radius 3 is 2.88 bits per heavy atom. The van der Waals surface area contributed by atoms with Gasteiger partial charge < -0.3 is 9.88 Å². The molecule has 0 aliphatic heterocycles. The molecule has 0 radical (unpaired) electrons. The Kier molecular flexibility index (Phi) is 4.78. The van der Waals surface area contributed by atoms with Gasteiger partial charge in [0, 0.05) is 17.8 Å². The number of hydrogen-bond acceptors (Lipinski definition) is 4. The molecule has 0 fully saturated rings. The fourth-order valence-electron chi connectivity index (χ4n) is 2.21. The maximum absolute atomic E-state index is 12.4. The number of halogens is 2. The predicted molar refractivity (Wildman–Crippen MR) is 93.3 cm³/mol. The van der Waals surface area contributed by atoms with Crippen molar-refractivity contribution in [2.75, 3.05) is 5.32 Å². The standard InChI is InChI=1S/C16H13Cl2N5O/c1-2-23-9-19-22-15(23)10-4-3-5-11(8-10)20-16(24)14-12(17)6-7-13(18)21-14/h3-9H,2H2,1H3,(H,20,24). The zero-order valence-electron chi connectivity index (χ0n) is 12.7. The lowest BCUT2D eigenvalue weighted by molar-refractivity contribution is 0.102. The van der Waals surface area contributed by atoms with Crippen LogP contribution in [0.25, 0.3) is 11.4 Å². The van der Waals surface area contributed by atoms with Gasteiger partial charge in [0.05, 0.1) is 5.02 Å². The molecule has 1 amide bonds. The second kappa shape index (κ2) is 6.98. The molecule has 0 atom stereocenters. The highest BCUT2D eigenvalue weighted by molar-refractivity contribution is 6.35. The largest absolute Gasteiger partial charge is 0.321 e. The Balaban J connectivity index is 1.87. The summed E-state index contributed by atoms with van der Waals surface area (Å²) in [4.78, 5) is 16.3. The molecule has 1 aromatic carbocycles. The number of anilines is 1. The molecule has 1 N–H and O–H groups in total. The zero-order valence-corrected chi connectivity index (χ0v) is 14.2. The van der Waals surface area contributed by atoms with E-state index in [1.165, 1.54) is 12.1 Å². The van der Waals surface area contributed by atoms with Gasteiger partial charge in [-0.05, 0) is 31.2 Å². The van der Waals surface area contributed by atoms with Crippen LogP contribution in [-0.2, 0) is 6.54 Å². The molecule has 0 aliphatic carbocycles. The van der Waals surface area contributed by atoms with Crippen molar-refractivity contribution >= 4 is 34.8 Å². The zero-order chi connectivity index (χ0) is 17.1. The number of nitrogens with zero attached hydrogens (tertiary/aromatic N) is 4. The number of pyridine rings is 1. The van der Waals surface area contributed by atoms with Gasteiger partial charge in [0.1, 0.15) is 17.2 Å². The summed E-state index contributed by atoms with van der Waals surface area (Å²) in [5.74, 6) is 0.295. The first-order chi connectivity index (χ1) is 11.6. The van der Waals surface area contributed by atoms with E-state index < -0.39 is 5.91 Å². The van der Waals surface area contributed by atoms with Crippen molar-refractivity contribution in [2.45, 2.75) is 13.5 Å². The van der Waals surface area contributed by atoms with Crippen molar-refractivity contribution in [3.63, 3.8) is 0 Å². The van der Waals surface area contributed by atoms with E-state index in [-0.39, 0.29) is 15.9 Å². The van der Waals surface area contributed by atoms with E-state index in [2.05, 4.69) is 20.5 Å². The number of carbonyl (C=O) groups excluding carboxylic acids is 1. The van der Waals surface area contributed by atoms with Gasteiger partial charge in [-0.15, -0.1) is 10.2 Å². The van der Waals surface area contributed by atoms with Crippen molar-refractivity contribution in [1.29, 1.82) is 0 Å². The third-order valence-electron chi connectivity index (χ3n) is 3.36. The molecule has 3 aromatic rings. The molecule has 0 saturated carbocycles. The maximum atomic E-state index is 12.4. The van der Waals surface area contributed by atoms with Gasteiger partial charge >= 0.3 is 0 Å². The number of nitrogens with one attached hydrogen (secondary N) is 1. The van der Waals surface area contributed by atoms with E-state index in [4.69, 9.17) is 23.2 Å². The van der Waals surface area contributed by atoms with Crippen molar-refractivity contribution in [3.05, 3.63) is 58.6 Å². The molecule has 6 nitrogen and oxygen atoms in total. The number of amides is 1. The van der Waals surface area contributed by atoms with Crippen LogP contribution in [0.15, 0.2) is 42.7 Å². The molecule has 2 aromatic heterocycles. The van der Waals surface area contributed by atoms with E-state index >= 15 is 0 Å². The summed E-state index contributed by atoms with van der Waals surface area (Å²) >= 11 is 11.8. The highest BCUT2D eigenvalue weighted by atomic mass is 35.5. The molecule has 0 unspecified atom stereocenters. The quantitative estimate of drug-likeness (QED) is 0.714. The van der Waals surface area contributed by atoms with E-state index in [1.54, 1.807) is 12.4 Å². The third-order valence-corrected chi connectivity index (χ3v) is 3.88. The van der Waals surface area contributed by atoms with Crippen molar-refractivity contribution in [2.24, 2.45) is 0 Å². The highest BCUT2D eigenvalue weighted by Gasteiger charge is 2.14. The summed E-state index contributed by atoms with van der Waals surface area (Å²) < 4.78 is 1.91. The van der Waals surface area contributed by atoms with Crippen molar-refractivity contribution in [3.8, 4) is 11.4 Å². The van der Waals surface area contributed by atoms with Crippen LogP contribution in [0.1, 0.15) is 17.4 Å². The average molecular weight is 362 g/mol. The first-order valence-electron chi connectivity index (χ1n) is 7.20. The van der Waals surface area contributed by atoms with E-state index in [0.29, 0.717) is 5.69 Å². The average Bonchev–Trinajstić information content (AvgIpc) is 3.06. The molecule has 8 heteroatoms.